The predicted octanol–water partition coefficient (Wildman–Crippen LogP) is 4.47. The van der Waals surface area contributed by atoms with Crippen LogP contribution in [0.25, 0.3) is 22.4 Å². The molecule has 2 heterocycles. The van der Waals surface area contributed by atoms with E-state index in [9.17, 15) is 4.79 Å². The van der Waals surface area contributed by atoms with Gasteiger partial charge in [0.1, 0.15) is 0 Å². The van der Waals surface area contributed by atoms with Crippen molar-refractivity contribution < 1.29 is 4.79 Å². The third-order valence-corrected chi connectivity index (χ3v) is 5.84. The molecule has 1 aliphatic carbocycles. The molecule has 0 bridgehead atoms. The second-order valence-corrected chi connectivity index (χ2v) is 8.31. The number of carbonyl (C=O) groups excluding carboxylic acids is 1. The third-order valence-electron chi connectivity index (χ3n) is 5.84. The summed E-state index contributed by atoms with van der Waals surface area (Å²) in [5.41, 5.74) is 4.97. The van der Waals surface area contributed by atoms with Gasteiger partial charge in [0.2, 0.25) is 11.9 Å². The Bertz CT molecular complexity index is 1010. The number of hydrogen-bond donors (Lipinski definition) is 1. The number of amides is 1. The summed E-state index contributed by atoms with van der Waals surface area (Å²) in [4.78, 5) is 27.7. The lowest BCUT2D eigenvalue weighted by atomic mass is 9.88. The first-order valence-electron chi connectivity index (χ1n) is 10.9. The number of benzene rings is 1. The Kier molecular flexibility index (Phi) is 6.55. The topological polar surface area (TPSA) is 71.0 Å². The number of nitrogens with one attached hydrogen (secondary N) is 1. The molecule has 0 aliphatic heterocycles. The molecular weight excluding hydrogens is 386 g/mol. The highest BCUT2D eigenvalue weighted by Crippen LogP contribution is 2.31. The van der Waals surface area contributed by atoms with Gasteiger partial charge in [-0.05, 0) is 36.1 Å². The van der Waals surface area contributed by atoms with Gasteiger partial charge in [0, 0.05) is 56.3 Å². The van der Waals surface area contributed by atoms with Gasteiger partial charge in [-0.2, -0.15) is 0 Å². The highest BCUT2D eigenvalue weighted by atomic mass is 16.1. The molecule has 1 aromatic carbocycles. The van der Waals surface area contributed by atoms with E-state index in [1.54, 1.807) is 12.4 Å². The molecule has 1 amide bonds. The molecule has 2 aromatic heterocycles. The zero-order valence-corrected chi connectivity index (χ0v) is 18.2. The number of pyridine rings is 1. The number of nitrogens with zero attached hydrogens (tertiary/aromatic N) is 4. The van der Waals surface area contributed by atoms with Crippen molar-refractivity contribution >= 4 is 11.9 Å². The molecule has 3 aromatic rings. The normalized spacial score (nSPS) is 14.3. The Labute approximate surface area is 183 Å². The average molecular weight is 416 g/mol. The molecular formula is C25H29N5O. The van der Waals surface area contributed by atoms with Gasteiger partial charge in [-0.15, -0.1) is 0 Å². The van der Waals surface area contributed by atoms with Gasteiger partial charge >= 0.3 is 0 Å². The number of anilines is 1. The molecule has 0 atom stereocenters. The first kappa shape index (κ1) is 21.0. The zero-order chi connectivity index (χ0) is 21.6. The Morgan fingerprint density at radius 3 is 2.39 bits per heavy atom. The maximum atomic E-state index is 12.4. The van der Waals surface area contributed by atoms with Crippen molar-refractivity contribution in [2.45, 2.75) is 38.6 Å². The smallest absolute Gasteiger partial charge is 0.225 e. The van der Waals surface area contributed by atoms with Crippen LogP contribution in [0, 0.1) is 5.92 Å². The fraction of sp³-hybridized carbons (Fsp3) is 0.360. The van der Waals surface area contributed by atoms with Crippen LogP contribution in [0.15, 0.2) is 55.0 Å². The van der Waals surface area contributed by atoms with Crippen LogP contribution in [0.4, 0.5) is 5.95 Å². The van der Waals surface area contributed by atoms with E-state index in [0.29, 0.717) is 12.5 Å². The number of rotatable bonds is 6. The minimum absolute atomic E-state index is 0.182. The van der Waals surface area contributed by atoms with E-state index in [1.807, 2.05) is 37.3 Å². The number of aromatic nitrogens is 3. The van der Waals surface area contributed by atoms with Gasteiger partial charge in [-0.1, -0.05) is 43.5 Å². The molecule has 1 saturated carbocycles. The van der Waals surface area contributed by atoms with Crippen LogP contribution in [0.2, 0.25) is 0 Å². The molecule has 31 heavy (non-hydrogen) atoms. The fourth-order valence-corrected chi connectivity index (χ4v) is 4.03. The van der Waals surface area contributed by atoms with Gasteiger partial charge in [-0.3, -0.25) is 9.78 Å². The van der Waals surface area contributed by atoms with Crippen molar-refractivity contribution in [3.63, 3.8) is 0 Å². The first-order valence-corrected chi connectivity index (χ1v) is 10.9. The van der Waals surface area contributed by atoms with E-state index >= 15 is 0 Å². The third kappa shape index (κ3) is 5.08. The molecule has 1 fully saturated rings. The van der Waals surface area contributed by atoms with Crippen LogP contribution in [0.5, 0.6) is 0 Å². The highest BCUT2D eigenvalue weighted by molar-refractivity contribution is 5.81. The first-order chi connectivity index (χ1) is 15.1. The Hall–Kier alpha value is -3.28. The summed E-state index contributed by atoms with van der Waals surface area (Å²) >= 11 is 0. The van der Waals surface area contributed by atoms with Crippen molar-refractivity contribution in [2.75, 3.05) is 19.0 Å². The quantitative estimate of drug-likeness (QED) is 0.643. The maximum Gasteiger partial charge on any atom is 0.225 e. The molecule has 1 N–H and O–H groups in total. The summed E-state index contributed by atoms with van der Waals surface area (Å²) in [5, 5.41) is 3.11. The number of carbonyl (C=O) groups is 1. The standard InChI is InChI=1S/C25H29N5O/c1-30(2)25-28-17-22(19-12-14-26-15-13-19)23(29-25)20-10-8-18(9-11-20)16-27-24(31)21-6-4-3-5-7-21/h8-15,17,21H,3-7,16H2,1-2H3,(H,27,31). The lowest BCUT2D eigenvalue weighted by Crippen LogP contribution is -2.31. The Morgan fingerprint density at radius 2 is 1.71 bits per heavy atom. The van der Waals surface area contributed by atoms with Crippen LogP contribution in [-0.2, 0) is 11.3 Å². The molecule has 1 aliphatic rings. The summed E-state index contributed by atoms with van der Waals surface area (Å²) < 4.78 is 0. The Morgan fingerprint density at radius 1 is 1.00 bits per heavy atom. The lowest BCUT2D eigenvalue weighted by molar-refractivity contribution is -0.126. The second-order valence-electron chi connectivity index (χ2n) is 8.31. The van der Waals surface area contributed by atoms with Crippen molar-refractivity contribution in [3.8, 4) is 22.4 Å². The zero-order valence-electron chi connectivity index (χ0n) is 18.2. The van der Waals surface area contributed by atoms with E-state index in [-0.39, 0.29) is 11.8 Å². The van der Waals surface area contributed by atoms with Crippen LogP contribution >= 0.6 is 0 Å². The van der Waals surface area contributed by atoms with Crippen molar-refractivity contribution in [1.29, 1.82) is 0 Å². The predicted molar refractivity (Wildman–Crippen MR) is 123 cm³/mol. The summed E-state index contributed by atoms with van der Waals surface area (Å²) in [6.07, 6.45) is 11.0. The summed E-state index contributed by atoms with van der Waals surface area (Å²) in [6, 6.07) is 12.2. The molecule has 4 rings (SSSR count). The summed E-state index contributed by atoms with van der Waals surface area (Å²) in [6.45, 7) is 0.555. The minimum atomic E-state index is 0.182. The monoisotopic (exact) mass is 415 g/mol. The van der Waals surface area contributed by atoms with Crippen molar-refractivity contribution in [1.82, 2.24) is 20.3 Å². The van der Waals surface area contributed by atoms with Crippen LogP contribution in [-0.4, -0.2) is 35.0 Å². The van der Waals surface area contributed by atoms with Crippen molar-refractivity contribution in [2.24, 2.45) is 5.92 Å². The van der Waals surface area contributed by atoms with E-state index in [4.69, 9.17) is 4.98 Å². The molecule has 6 heteroatoms. The van der Waals surface area contributed by atoms with Gasteiger partial charge in [0.15, 0.2) is 0 Å². The summed E-state index contributed by atoms with van der Waals surface area (Å²) in [5.74, 6) is 1.04. The highest BCUT2D eigenvalue weighted by Gasteiger charge is 2.20. The number of hydrogen-bond acceptors (Lipinski definition) is 5. The minimum Gasteiger partial charge on any atom is -0.352 e. The van der Waals surface area contributed by atoms with Crippen LogP contribution in [0.3, 0.4) is 0 Å². The molecule has 6 nitrogen and oxygen atoms in total. The van der Waals surface area contributed by atoms with Gasteiger partial charge in [0.05, 0.1) is 5.69 Å². The van der Waals surface area contributed by atoms with Gasteiger partial charge < -0.3 is 10.2 Å². The lowest BCUT2D eigenvalue weighted by Gasteiger charge is -2.20. The van der Waals surface area contributed by atoms with Gasteiger partial charge in [-0.25, -0.2) is 9.97 Å². The maximum absolute atomic E-state index is 12.4. The fourth-order valence-electron chi connectivity index (χ4n) is 4.03. The average Bonchev–Trinajstić information content (AvgIpc) is 2.83. The van der Waals surface area contributed by atoms with E-state index < -0.39 is 0 Å². The van der Waals surface area contributed by atoms with E-state index in [0.717, 1.165) is 40.8 Å². The SMILES string of the molecule is CN(C)c1ncc(-c2ccncc2)c(-c2ccc(CNC(=O)C3CCCCC3)cc2)n1. The van der Waals surface area contributed by atoms with Crippen LogP contribution in [0.1, 0.15) is 37.7 Å². The van der Waals surface area contributed by atoms with Crippen LogP contribution < -0.4 is 10.2 Å². The van der Waals surface area contributed by atoms with Gasteiger partial charge in [0.25, 0.3) is 0 Å². The van der Waals surface area contributed by atoms with E-state index in [1.165, 1.54) is 19.3 Å². The molecule has 0 radical (unpaired) electrons. The molecule has 160 valence electrons. The summed E-state index contributed by atoms with van der Waals surface area (Å²) in [7, 11) is 3.87. The molecule has 0 unspecified atom stereocenters. The second kappa shape index (κ2) is 9.69. The molecule has 0 spiro atoms. The van der Waals surface area contributed by atoms with E-state index in [2.05, 4.69) is 39.6 Å². The largest absolute Gasteiger partial charge is 0.352 e. The Balaban J connectivity index is 1.54. The molecule has 0 saturated heterocycles. The van der Waals surface area contributed by atoms with Crippen molar-refractivity contribution in [3.05, 3.63) is 60.6 Å².